The van der Waals surface area contributed by atoms with Gasteiger partial charge in [-0.15, -0.1) is 0 Å². The zero-order valence-corrected chi connectivity index (χ0v) is 15.7. The normalized spacial score (nSPS) is 16.6. The molecule has 2 aliphatic rings. The molecule has 7 nitrogen and oxygen atoms in total. The number of amides is 2. The summed E-state index contributed by atoms with van der Waals surface area (Å²) in [6.45, 7) is 2.89. The molecule has 0 saturated carbocycles. The monoisotopic (exact) mass is 384 g/mol. The molecule has 0 bridgehead atoms. The van der Waals surface area contributed by atoms with Gasteiger partial charge in [0.2, 0.25) is 5.91 Å². The molecule has 2 amide bonds. The molecule has 0 spiro atoms. The van der Waals surface area contributed by atoms with Gasteiger partial charge in [0, 0.05) is 25.6 Å². The molecule has 0 aliphatic carbocycles. The number of furan rings is 1. The van der Waals surface area contributed by atoms with E-state index in [1.165, 1.54) is 12.5 Å². The van der Waals surface area contributed by atoms with Crippen LogP contribution in [0, 0.1) is 5.92 Å². The van der Waals surface area contributed by atoms with Crippen LogP contribution in [0.4, 0.5) is 0 Å². The molecule has 28 heavy (non-hydrogen) atoms. The van der Waals surface area contributed by atoms with Gasteiger partial charge in [-0.3, -0.25) is 9.59 Å². The van der Waals surface area contributed by atoms with Gasteiger partial charge in [-0.25, -0.2) is 0 Å². The lowest BCUT2D eigenvalue weighted by Gasteiger charge is -2.31. The van der Waals surface area contributed by atoms with Crippen molar-refractivity contribution in [2.75, 3.05) is 32.8 Å². The van der Waals surface area contributed by atoms with Crippen LogP contribution < -0.4 is 14.8 Å². The molecular weight excluding hydrogens is 360 g/mol. The average molecular weight is 384 g/mol. The van der Waals surface area contributed by atoms with E-state index in [-0.39, 0.29) is 17.7 Å². The molecule has 4 rings (SSSR count). The molecule has 0 atom stereocenters. The van der Waals surface area contributed by atoms with Crippen molar-refractivity contribution in [1.29, 1.82) is 0 Å². The van der Waals surface area contributed by atoms with E-state index in [2.05, 4.69) is 5.32 Å². The van der Waals surface area contributed by atoms with Gasteiger partial charge in [0.1, 0.15) is 19.5 Å². The average Bonchev–Trinajstić information content (AvgIpc) is 3.28. The van der Waals surface area contributed by atoms with Crippen LogP contribution in [0.5, 0.6) is 11.5 Å². The quantitative estimate of drug-likeness (QED) is 0.855. The second-order valence-corrected chi connectivity index (χ2v) is 7.10. The van der Waals surface area contributed by atoms with Crippen LogP contribution in [0.2, 0.25) is 0 Å². The lowest BCUT2D eigenvalue weighted by atomic mass is 9.95. The standard InChI is InChI=1S/C21H24N2O5/c24-20(16-4-8-23(9-5-16)21(25)17-6-10-26-14-17)22-7-3-15-1-2-18-19(13-15)28-12-11-27-18/h1-2,6,10,13-14,16H,3-5,7-9,11-12H2,(H,22,24). The number of rotatable bonds is 5. The molecule has 1 aromatic carbocycles. The van der Waals surface area contributed by atoms with Gasteiger partial charge in [-0.05, 0) is 43.0 Å². The topological polar surface area (TPSA) is 81.0 Å². The maximum Gasteiger partial charge on any atom is 0.257 e. The summed E-state index contributed by atoms with van der Waals surface area (Å²) in [4.78, 5) is 26.5. The third kappa shape index (κ3) is 4.13. The van der Waals surface area contributed by atoms with Crippen molar-refractivity contribution < 1.29 is 23.5 Å². The molecule has 1 fully saturated rings. The second kappa shape index (κ2) is 8.37. The summed E-state index contributed by atoms with van der Waals surface area (Å²) in [5.74, 6) is 1.52. The molecule has 7 heteroatoms. The lowest BCUT2D eigenvalue weighted by molar-refractivity contribution is -0.126. The van der Waals surface area contributed by atoms with Gasteiger partial charge in [-0.1, -0.05) is 6.07 Å². The van der Waals surface area contributed by atoms with Crippen molar-refractivity contribution in [2.45, 2.75) is 19.3 Å². The maximum atomic E-state index is 12.5. The Hall–Kier alpha value is -2.96. The van der Waals surface area contributed by atoms with E-state index < -0.39 is 0 Å². The van der Waals surface area contributed by atoms with Crippen molar-refractivity contribution in [3.8, 4) is 11.5 Å². The molecule has 2 aliphatic heterocycles. The summed E-state index contributed by atoms with van der Waals surface area (Å²) < 4.78 is 16.1. The summed E-state index contributed by atoms with van der Waals surface area (Å²) in [6.07, 6.45) is 5.05. The van der Waals surface area contributed by atoms with Gasteiger partial charge >= 0.3 is 0 Å². The number of hydrogen-bond acceptors (Lipinski definition) is 5. The highest BCUT2D eigenvalue weighted by molar-refractivity contribution is 5.94. The fourth-order valence-electron chi connectivity index (χ4n) is 3.63. The number of piperidine rings is 1. The number of nitrogens with zero attached hydrogens (tertiary/aromatic N) is 1. The van der Waals surface area contributed by atoms with E-state index in [1.807, 2.05) is 18.2 Å². The number of ether oxygens (including phenoxy) is 2. The van der Waals surface area contributed by atoms with Crippen LogP contribution in [-0.4, -0.2) is 49.6 Å². The van der Waals surface area contributed by atoms with Crippen molar-refractivity contribution in [2.24, 2.45) is 5.92 Å². The highest BCUT2D eigenvalue weighted by atomic mass is 16.6. The summed E-state index contributed by atoms with van der Waals surface area (Å²) >= 11 is 0. The second-order valence-electron chi connectivity index (χ2n) is 7.10. The largest absolute Gasteiger partial charge is 0.486 e. The van der Waals surface area contributed by atoms with Crippen LogP contribution >= 0.6 is 0 Å². The van der Waals surface area contributed by atoms with Crippen molar-refractivity contribution in [3.05, 3.63) is 47.9 Å². The summed E-state index contributed by atoms with van der Waals surface area (Å²) in [7, 11) is 0. The Labute approximate surface area is 163 Å². The van der Waals surface area contributed by atoms with Crippen LogP contribution in [-0.2, 0) is 11.2 Å². The van der Waals surface area contributed by atoms with E-state index in [0.717, 1.165) is 23.5 Å². The van der Waals surface area contributed by atoms with Crippen LogP contribution in [0.1, 0.15) is 28.8 Å². The predicted octanol–water partition coefficient (Wildman–Crippen LogP) is 2.26. The van der Waals surface area contributed by atoms with E-state index >= 15 is 0 Å². The first-order valence-corrected chi connectivity index (χ1v) is 9.68. The fourth-order valence-corrected chi connectivity index (χ4v) is 3.63. The Morgan fingerprint density at radius 1 is 1.07 bits per heavy atom. The number of carbonyl (C=O) groups excluding carboxylic acids is 2. The Morgan fingerprint density at radius 2 is 1.86 bits per heavy atom. The Kier molecular flexibility index (Phi) is 5.50. The first-order chi connectivity index (χ1) is 13.7. The minimum Gasteiger partial charge on any atom is -0.486 e. The van der Waals surface area contributed by atoms with Gasteiger partial charge in [-0.2, -0.15) is 0 Å². The van der Waals surface area contributed by atoms with E-state index in [0.29, 0.717) is 51.3 Å². The van der Waals surface area contributed by atoms with Crippen molar-refractivity contribution in [3.63, 3.8) is 0 Å². The molecular formula is C21H24N2O5. The first kappa shape index (κ1) is 18.4. The lowest BCUT2D eigenvalue weighted by Crippen LogP contribution is -2.43. The van der Waals surface area contributed by atoms with Gasteiger partial charge in [0.25, 0.3) is 5.91 Å². The summed E-state index contributed by atoms with van der Waals surface area (Å²) in [6, 6.07) is 7.55. The summed E-state index contributed by atoms with van der Waals surface area (Å²) in [5.41, 5.74) is 1.66. The molecule has 1 aromatic heterocycles. The van der Waals surface area contributed by atoms with Gasteiger partial charge in [0.05, 0.1) is 11.8 Å². The Balaban J connectivity index is 1.21. The highest BCUT2D eigenvalue weighted by Crippen LogP contribution is 2.30. The molecule has 2 aromatic rings. The van der Waals surface area contributed by atoms with Gasteiger partial charge in [0.15, 0.2) is 11.5 Å². The fraction of sp³-hybridized carbons (Fsp3) is 0.429. The molecule has 1 saturated heterocycles. The number of carbonyl (C=O) groups is 2. The number of likely N-dealkylation sites (tertiary alicyclic amines) is 1. The molecule has 0 unspecified atom stereocenters. The van der Waals surface area contributed by atoms with Crippen molar-refractivity contribution in [1.82, 2.24) is 10.2 Å². The smallest absolute Gasteiger partial charge is 0.257 e. The zero-order chi connectivity index (χ0) is 19.3. The SMILES string of the molecule is O=C(NCCc1ccc2c(c1)OCCO2)C1CCN(C(=O)c2ccoc2)CC1. The number of fused-ring (bicyclic) bond motifs is 1. The number of hydrogen-bond donors (Lipinski definition) is 1. The third-order valence-corrected chi connectivity index (χ3v) is 5.24. The Bertz CT molecular complexity index is 825. The number of benzene rings is 1. The third-order valence-electron chi connectivity index (χ3n) is 5.24. The van der Waals surface area contributed by atoms with Crippen LogP contribution in [0.15, 0.2) is 41.2 Å². The molecule has 0 radical (unpaired) electrons. The van der Waals surface area contributed by atoms with E-state index in [4.69, 9.17) is 13.9 Å². The minimum atomic E-state index is -0.0475. The first-order valence-electron chi connectivity index (χ1n) is 9.68. The predicted molar refractivity (Wildman–Crippen MR) is 101 cm³/mol. The molecule has 3 heterocycles. The Morgan fingerprint density at radius 3 is 2.61 bits per heavy atom. The van der Waals surface area contributed by atoms with E-state index in [9.17, 15) is 9.59 Å². The van der Waals surface area contributed by atoms with Crippen LogP contribution in [0.25, 0.3) is 0 Å². The summed E-state index contributed by atoms with van der Waals surface area (Å²) in [5, 5.41) is 3.02. The number of nitrogens with one attached hydrogen (secondary N) is 1. The highest BCUT2D eigenvalue weighted by Gasteiger charge is 2.28. The van der Waals surface area contributed by atoms with E-state index in [1.54, 1.807) is 11.0 Å². The minimum absolute atomic E-state index is 0.0359. The van der Waals surface area contributed by atoms with Crippen LogP contribution in [0.3, 0.4) is 0 Å². The zero-order valence-electron chi connectivity index (χ0n) is 15.7. The van der Waals surface area contributed by atoms with Crippen molar-refractivity contribution >= 4 is 11.8 Å². The molecule has 148 valence electrons. The maximum absolute atomic E-state index is 12.5. The van der Waals surface area contributed by atoms with Gasteiger partial charge < -0.3 is 24.1 Å². The molecule has 1 N–H and O–H groups in total.